The first-order valence-corrected chi connectivity index (χ1v) is 10.2. The summed E-state index contributed by atoms with van der Waals surface area (Å²) in [6.45, 7) is 3.01. The van der Waals surface area contributed by atoms with E-state index in [-0.39, 0.29) is 11.9 Å². The molecule has 0 amide bonds. The van der Waals surface area contributed by atoms with Gasteiger partial charge in [-0.1, -0.05) is 0 Å². The molecule has 1 unspecified atom stereocenters. The van der Waals surface area contributed by atoms with E-state index in [1.165, 1.54) is 23.1 Å². The fourth-order valence-electron chi connectivity index (χ4n) is 2.76. The number of rotatable bonds is 8. The molecule has 10 heteroatoms. The zero-order valence-electron chi connectivity index (χ0n) is 14.1. The number of aliphatic imine (C=N–C) groups is 1. The largest absolute Gasteiger partial charge is 0.481 e. The van der Waals surface area contributed by atoms with Gasteiger partial charge in [0.2, 0.25) is 0 Å². The second-order valence-corrected chi connectivity index (χ2v) is 7.81. The van der Waals surface area contributed by atoms with Crippen molar-refractivity contribution in [3.05, 3.63) is 27.9 Å². The molecule has 1 atom stereocenters. The molecule has 1 saturated heterocycles. The van der Waals surface area contributed by atoms with Gasteiger partial charge in [-0.2, -0.15) is 0 Å². The van der Waals surface area contributed by atoms with Crippen LogP contribution in [0.2, 0.25) is 0 Å². The number of nitrogens with zero attached hydrogens (tertiary/aromatic N) is 3. The van der Waals surface area contributed by atoms with Gasteiger partial charge in [-0.15, -0.1) is 23.1 Å². The maximum Gasteiger partial charge on any atom is 0.313 e. The number of carboxylic acids is 1. The van der Waals surface area contributed by atoms with Crippen molar-refractivity contribution in [2.24, 2.45) is 4.99 Å². The first kappa shape index (κ1) is 19.0. The summed E-state index contributed by atoms with van der Waals surface area (Å²) >= 11 is 2.86. The number of hydrogen-bond donors (Lipinski definition) is 2. The second kappa shape index (κ2) is 9.26. The van der Waals surface area contributed by atoms with Crippen molar-refractivity contribution in [2.45, 2.75) is 6.10 Å². The highest BCUT2D eigenvalue weighted by Crippen LogP contribution is 2.16. The monoisotopic (exact) mass is 396 g/mol. The number of thioether (sulfide) groups is 1. The van der Waals surface area contributed by atoms with Crippen molar-refractivity contribution in [2.75, 3.05) is 44.3 Å². The molecule has 0 radical (unpaired) electrons. The molecule has 0 spiro atoms. The van der Waals surface area contributed by atoms with Gasteiger partial charge in [-0.25, -0.2) is 4.98 Å². The molecule has 1 fully saturated rings. The summed E-state index contributed by atoms with van der Waals surface area (Å²) in [7, 11) is 0. The number of ether oxygens (including phenoxy) is 1. The van der Waals surface area contributed by atoms with E-state index in [1.807, 2.05) is 5.38 Å². The Morgan fingerprint density at radius 1 is 1.58 bits per heavy atom. The van der Waals surface area contributed by atoms with Crippen LogP contribution in [0.5, 0.6) is 0 Å². The van der Waals surface area contributed by atoms with Gasteiger partial charge in [0.1, 0.15) is 6.29 Å². The van der Waals surface area contributed by atoms with E-state index in [4.69, 9.17) is 9.84 Å². The molecule has 0 aliphatic carbocycles. The van der Waals surface area contributed by atoms with E-state index in [0.29, 0.717) is 43.4 Å². The van der Waals surface area contributed by atoms with Gasteiger partial charge in [-0.05, 0) is 0 Å². The van der Waals surface area contributed by atoms with E-state index in [2.05, 4.69) is 20.2 Å². The molecule has 2 N–H and O–H groups in total. The molecule has 26 heavy (non-hydrogen) atoms. The van der Waals surface area contributed by atoms with E-state index in [9.17, 15) is 9.59 Å². The molecule has 0 saturated carbocycles. The van der Waals surface area contributed by atoms with Crippen LogP contribution in [-0.2, 0) is 14.3 Å². The first-order chi connectivity index (χ1) is 12.7. The Balaban J connectivity index is 1.58. The maximum absolute atomic E-state index is 11.4. The van der Waals surface area contributed by atoms with Gasteiger partial charge < -0.3 is 15.2 Å². The molecular formula is C16H20N4O4S2. The summed E-state index contributed by atoms with van der Waals surface area (Å²) in [6, 6.07) is 0. The Morgan fingerprint density at radius 2 is 2.46 bits per heavy atom. The van der Waals surface area contributed by atoms with Crippen LogP contribution in [0.3, 0.4) is 0 Å². The molecule has 3 rings (SSSR count). The topological polar surface area (TPSA) is 104 Å². The summed E-state index contributed by atoms with van der Waals surface area (Å²) in [6.07, 6.45) is 2.57. The zero-order valence-corrected chi connectivity index (χ0v) is 15.7. The number of carbonyl (C=O) groups is 2. The Kier molecular flexibility index (Phi) is 6.78. The minimum absolute atomic E-state index is 0.0101. The van der Waals surface area contributed by atoms with Gasteiger partial charge in [0.25, 0.3) is 0 Å². The number of carboxylic acid groups (broad SMARTS) is 1. The number of carbonyl (C=O) groups excluding carboxylic acids is 1. The number of aldehydes is 1. The molecule has 2 aliphatic rings. The standard InChI is InChI=1S/C16H20N4O4S2/c21-8-11-5-18-15(16-17-1-4-26-16)19-13(11)7-20-2-3-24-12(6-20)9-25-10-14(22)23/h1,4,8,12H,2-3,5-7,9-10H2,(H,18,19)(H,22,23). The van der Waals surface area contributed by atoms with Crippen LogP contribution < -0.4 is 5.32 Å². The van der Waals surface area contributed by atoms with Crippen LogP contribution in [0.25, 0.3) is 0 Å². The summed E-state index contributed by atoms with van der Waals surface area (Å²) in [4.78, 5) is 32.9. The normalized spacial score (nSPS) is 21.2. The number of nitrogens with one attached hydrogen (secondary N) is 1. The second-order valence-electron chi connectivity index (χ2n) is 5.89. The third kappa shape index (κ3) is 5.13. The number of aliphatic carboxylic acids is 1. The van der Waals surface area contributed by atoms with Crippen molar-refractivity contribution in [3.8, 4) is 0 Å². The van der Waals surface area contributed by atoms with Crippen LogP contribution in [0.1, 0.15) is 5.01 Å². The van der Waals surface area contributed by atoms with Gasteiger partial charge >= 0.3 is 5.97 Å². The summed E-state index contributed by atoms with van der Waals surface area (Å²) in [5, 5.41) is 14.7. The van der Waals surface area contributed by atoms with E-state index < -0.39 is 5.97 Å². The zero-order chi connectivity index (χ0) is 18.4. The molecule has 2 aliphatic heterocycles. The van der Waals surface area contributed by atoms with Crippen LogP contribution in [0, 0.1) is 0 Å². The third-order valence-corrected chi connectivity index (χ3v) is 5.81. The van der Waals surface area contributed by atoms with Gasteiger partial charge in [0.05, 0.1) is 25.0 Å². The molecule has 1 aromatic rings. The Hall–Kier alpha value is -1.75. The number of hydrogen-bond acceptors (Lipinski definition) is 9. The molecule has 3 heterocycles. The molecule has 0 aromatic carbocycles. The van der Waals surface area contributed by atoms with Crippen molar-refractivity contribution in [1.29, 1.82) is 0 Å². The maximum atomic E-state index is 11.4. The van der Waals surface area contributed by atoms with E-state index in [0.717, 1.165) is 23.5 Å². The predicted octanol–water partition coefficient (Wildman–Crippen LogP) is 0.465. The SMILES string of the molecule is O=CC1=C(CN2CCOC(CSCC(=O)O)C2)NC(c2nccs2)=NC1. The molecular weight excluding hydrogens is 376 g/mol. The summed E-state index contributed by atoms with van der Waals surface area (Å²) in [5.74, 6) is 0.600. The number of morpholine rings is 1. The smallest absolute Gasteiger partial charge is 0.313 e. The average molecular weight is 396 g/mol. The third-order valence-electron chi connectivity index (χ3n) is 3.98. The van der Waals surface area contributed by atoms with Crippen molar-refractivity contribution in [3.63, 3.8) is 0 Å². The van der Waals surface area contributed by atoms with Crippen molar-refractivity contribution < 1.29 is 19.4 Å². The fourth-order valence-corrected chi connectivity index (χ4v) is 4.12. The lowest BCUT2D eigenvalue weighted by Crippen LogP contribution is -2.46. The Labute approximate surface area is 159 Å². The van der Waals surface area contributed by atoms with Crippen molar-refractivity contribution >= 4 is 41.2 Å². The Bertz CT molecular complexity index is 705. The molecule has 0 bridgehead atoms. The average Bonchev–Trinajstić information content (AvgIpc) is 3.16. The van der Waals surface area contributed by atoms with Gasteiger partial charge in [-0.3, -0.25) is 19.5 Å². The minimum Gasteiger partial charge on any atom is -0.481 e. The summed E-state index contributed by atoms with van der Waals surface area (Å²) in [5.41, 5.74) is 1.49. The van der Waals surface area contributed by atoms with Gasteiger partial charge in [0, 0.05) is 48.2 Å². The molecule has 1 aromatic heterocycles. The lowest BCUT2D eigenvalue weighted by Gasteiger charge is -2.34. The molecule has 140 valence electrons. The fraction of sp³-hybridized carbons (Fsp3) is 0.500. The van der Waals surface area contributed by atoms with Crippen LogP contribution >= 0.6 is 23.1 Å². The van der Waals surface area contributed by atoms with Crippen LogP contribution in [0.15, 0.2) is 27.8 Å². The minimum atomic E-state index is -0.816. The molecule has 8 nitrogen and oxygen atoms in total. The lowest BCUT2D eigenvalue weighted by atomic mass is 10.1. The first-order valence-electron chi connectivity index (χ1n) is 8.17. The highest BCUT2D eigenvalue weighted by Gasteiger charge is 2.24. The Morgan fingerprint density at radius 3 is 3.19 bits per heavy atom. The van der Waals surface area contributed by atoms with E-state index in [1.54, 1.807) is 6.20 Å². The van der Waals surface area contributed by atoms with Crippen molar-refractivity contribution in [1.82, 2.24) is 15.2 Å². The van der Waals surface area contributed by atoms with E-state index >= 15 is 0 Å². The predicted molar refractivity (Wildman–Crippen MR) is 101 cm³/mol. The quantitative estimate of drug-likeness (QED) is 0.611. The highest BCUT2D eigenvalue weighted by molar-refractivity contribution is 7.99. The number of aromatic nitrogens is 1. The lowest BCUT2D eigenvalue weighted by molar-refractivity contribution is -0.133. The van der Waals surface area contributed by atoms with Crippen LogP contribution in [-0.4, -0.2) is 83.5 Å². The van der Waals surface area contributed by atoms with Gasteiger partial charge in [0.15, 0.2) is 10.8 Å². The highest BCUT2D eigenvalue weighted by atomic mass is 32.2. The van der Waals surface area contributed by atoms with Crippen LogP contribution in [0.4, 0.5) is 0 Å². The number of amidine groups is 1. The number of thiazole rings is 1. The summed E-state index contributed by atoms with van der Waals surface area (Å²) < 4.78 is 5.72.